The Hall–Kier alpha value is -10.9. The van der Waals surface area contributed by atoms with Crippen LogP contribution in [0.5, 0.6) is 5.75 Å². The first-order valence-electron chi connectivity index (χ1n) is 32.5. The van der Waals surface area contributed by atoms with E-state index in [-0.39, 0.29) is 94.4 Å². The van der Waals surface area contributed by atoms with Crippen molar-refractivity contribution in [3.8, 4) is 5.75 Å². The summed E-state index contributed by atoms with van der Waals surface area (Å²) >= 11 is 0. The number of aromatic nitrogens is 3. The Labute approximate surface area is 580 Å². The minimum Gasteiger partial charge on any atom is -0.508 e. The van der Waals surface area contributed by atoms with Crippen LogP contribution >= 0.6 is 0 Å². The van der Waals surface area contributed by atoms with Gasteiger partial charge in [0.2, 0.25) is 59.1 Å². The third-order valence-corrected chi connectivity index (χ3v) is 15.7. The maximum Gasteiger partial charge on any atom is 0.330 e. The van der Waals surface area contributed by atoms with Gasteiger partial charge in [-0.2, -0.15) is 0 Å². The number of carboxylic acid groups (broad SMARTS) is 1. The number of para-hydroxylation sites is 1. The van der Waals surface area contributed by atoms with Crippen LogP contribution in [0.25, 0.3) is 10.9 Å². The molecule has 2 fully saturated rings. The van der Waals surface area contributed by atoms with Crippen molar-refractivity contribution < 1.29 is 87.5 Å². The molecule has 552 valence electrons. The number of imidazole rings is 1. The summed E-state index contributed by atoms with van der Waals surface area (Å²) in [5.74, 6) is -11.0. The second-order valence-electron chi connectivity index (χ2n) is 25.4. The fourth-order valence-corrected chi connectivity index (χ4v) is 10.7. The number of nitrogens with one attached hydrogen (secondary N) is 13. The minimum atomic E-state index is -1.90. The summed E-state index contributed by atoms with van der Waals surface area (Å²) in [7, 11) is 0. The molecule has 37 nitrogen and oxygen atoms in total. The van der Waals surface area contributed by atoms with Gasteiger partial charge in [0.15, 0.2) is 5.96 Å². The Balaban J connectivity index is 0.00000447. The number of rotatable bonds is 34. The highest BCUT2D eigenvalue weighted by molar-refractivity contribution is 6.00. The predicted molar refractivity (Wildman–Crippen MR) is 361 cm³/mol. The number of fused-ring (bicyclic) bond motifs is 1. The summed E-state index contributed by atoms with van der Waals surface area (Å²) in [6.45, 7) is 7.02. The van der Waals surface area contributed by atoms with Crippen LogP contribution < -0.4 is 75.9 Å². The zero-order chi connectivity index (χ0) is 74.7. The number of aliphatic imine (C=N–C) groups is 1. The van der Waals surface area contributed by atoms with Gasteiger partial charge in [-0.25, -0.2) is 15.2 Å². The Bertz CT molecular complexity index is 3550. The highest BCUT2D eigenvalue weighted by Crippen LogP contribution is 2.22. The number of ether oxygens (including phenoxy) is 1. The van der Waals surface area contributed by atoms with E-state index >= 15 is 0 Å². The number of nitrogens with two attached hydrogens (primary N) is 3. The number of primary amides is 1. The number of aliphatic carboxylic acids is 1. The van der Waals surface area contributed by atoms with E-state index in [0.29, 0.717) is 34.1 Å². The summed E-state index contributed by atoms with van der Waals surface area (Å²) in [5.41, 5.74) is 21.4. The number of guanidine groups is 1. The average molecular weight is 1420 g/mol. The molecular formula is C64H93N19O18. The van der Waals surface area contributed by atoms with Crippen molar-refractivity contribution >= 4 is 93.8 Å². The quantitative estimate of drug-likeness (QED) is 0.00906. The number of amides is 13. The molecule has 0 saturated carbocycles. The number of phenolic OH excluding ortho intramolecular Hbond substituents is 1. The number of benzene rings is 2. The van der Waals surface area contributed by atoms with E-state index in [4.69, 9.17) is 31.8 Å². The van der Waals surface area contributed by atoms with E-state index in [0.717, 1.165) is 6.92 Å². The molecule has 0 aliphatic carbocycles. The second kappa shape index (κ2) is 39.0. The normalized spacial score (nSPS) is 16.5. The number of hydrogen-bond donors (Lipinski definition) is 20. The van der Waals surface area contributed by atoms with Gasteiger partial charge in [-0.1, -0.05) is 44.2 Å². The molecule has 0 radical (unpaired) electrons. The first-order chi connectivity index (χ1) is 47.7. The molecule has 37 heteroatoms. The molecule has 10 atom stereocenters. The van der Waals surface area contributed by atoms with Gasteiger partial charge in [0, 0.05) is 74.7 Å². The number of carboxylic acids is 1. The number of aliphatic hydroxyl groups is 2. The fraction of sp³-hybridized carbons (Fsp3) is 0.516. The predicted octanol–water partition coefficient (Wildman–Crippen LogP) is -4.54. The maximum atomic E-state index is 14.7. The van der Waals surface area contributed by atoms with Crippen LogP contribution in [0.3, 0.4) is 0 Å². The average Bonchev–Trinajstić information content (AvgIpc) is 1.75. The van der Waals surface area contributed by atoms with E-state index < -0.39 is 157 Å². The molecule has 23 N–H and O–H groups in total. The van der Waals surface area contributed by atoms with Crippen molar-refractivity contribution in [2.75, 3.05) is 32.9 Å². The van der Waals surface area contributed by atoms with Crippen LogP contribution in [0.4, 0.5) is 4.79 Å². The lowest BCUT2D eigenvalue weighted by Crippen LogP contribution is -2.62. The number of urea groups is 1. The van der Waals surface area contributed by atoms with Gasteiger partial charge in [-0.15, -0.1) is 0 Å². The number of phenols is 1. The standard InChI is InChI=1S/C62H89N19O16.C2H4O2/c1-32(2)22-41(51(87)71-40(12-8-20-67-60(63)64)59(95)81-21-9-13-48(81)58(94)79-80-61(65)96)72-57(93)47(30-97-62(3,4)5)78-52(88)42(23-33-14-16-36(84)17-15-33)73-55(91)45(28-82)77-56(92)46(29-83)76-53(89)43(24-34-26-68-38-11-7-6-10-37(34)38)74-54(90)44(25-35-27-66-31-69-35)75-50(86)39-18-19-49(85)70-39;1-2(3)4/h6-7,10-11,14-17,26-27,31-32,39-48,68,82-84H,8-9,12-13,18-25,28-30H2,1-5H3,(H,66,69)(H,70,85)(H,71,87)(H,72,93)(H,73,91)(H,74,90)(H,75,86)(H,76,89)(H,77,92)(H,78,88)(H,79,94)(H4,63,64,67)(H3,65,80,96);1H3,(H,3,4)/t39-,40-,41-,42-,43-,44-,45-,46-,47+,48-;/m0./s1. The molecule has 2 aliphatic heterocycles. The van der Waals surface area contributed by atoms with Gasteiger partial charge in [0.05, 0.1) is 31.7 Å². The van der Waals surface area contributed by atoms with Crippen LogP contribution in [0.1, 0.15) is 103 Å². The lowest BCUT2D eigenvalue weighted by Gasteiger charge is -2.31. The van der Waals surface area contributed by atoms with Crippen molar-refractivity contribution in [2.24, 2.45) is 28.1 Å². The second-order valence-corrected chi connectivity index (χ2v) is 25.4. The van der Waals surface area contributed by atoms with Crippen LogP contribution in [-0.2, 0) is 81.5 Å². The van der Waals surface area contributed by atoms with Gasteiger partial charge in [-0.3, -0.25) is 68.0 Å². The Morgan fingerprint density at radius 3 is 1.78 bits per heavy atom. The van der Waals surface area contributed by atoms with Gasteiger partial charge in [0.1, 0.15) is 66.2 Å². The van der Waals surface area contributed by atoms with Crippen LogP contribution in [0.15, 0.2) is 72.2 Å². The molecule has 2 aliphatic rings. The number of aromatic hydroxyl groups is 1. The Morgan fingerprint density at radius 2 is 1.23 bits per heavy atom. The topological polar surface area (TPSA) is 583 Å². The number of aromatic amines is 2. The lowest BCUT2D eigenvalue weighted by molar-refractivity contribution is -0.142. The van der Waals surface area contributed by atoms with E-state index in [2.05, 4.69) is 73.2 Å². The van der Waals surface area contributed by atoms with Crippen molar-refractivity contribution in [2.45, 2.75) is 172 Å². The molecule has 0 spiro atoms. The first-order valence-corrected chi connectivity index (χ1v) is 32.5. The zero-order valence-corrected chi connectivity index (χ0v) is 56.9. The number of nitrogens with zero attached hydrogens (tertiary/aromatic N) is 3. The largest absolute Gasteiger partial charge is 0.508 e. The van der Waals surface area contributed by atoms with E-state index in [1.165, 1.54) is 41.7 Å². The van der Waals surface area contributed by atoms with Crippen molar-refractivity contribution in [1.29, 1.82) is 0 Å². The molecule has 0 unspecified atom stereocenters. The molecule has 6 rings (SSSR count). The van der Waals surface area contributed by atoms with Gasteiger partial charge in [-0.05, 0) is 94.5 Å². The third kappa shape index (κ3) is 26.7. The lowest BCUT2D eigenvalue weighted by atomic mass is 10.0. The van der Waals surface area contributed by atoms with Crippen molar-refractivity contribution in [3.63, 3.8) is 0 Å². The first kappa shape index (κ1) is 80.7. The van der Waals surface area contributed by atoms with E-state index in [1.54, 1.807) is 65.1 Å². The van der Waals surface area contributed by atoms with Crippen LogP contribution in [-0.4, -0.2) is 222 Å². The monoisotopic (exact) mass is 1420 g/mol. The van der Waals surface area contributed by atoms with Gasteiger partial charge < -0.3 is 105 Å². The van der Waals surface area contributed by atoms with Crippen LogP contribution in [0, 0.1) is 5.92 Å². The van der Waals surface area contributed by atoms with E-state index in [9.17, 15) is 72.9 Å². The molecule has 4 heterocycles. The summed E-state index contributed by atoms with van der Waals surface area (Å²) in [5, 5.41) is 62.5. The molecule has 0 bridgehead atoms. The third-order valence-electron chi connectivity index (χ3n) is 15.7. The molecule has 13 amide bonds. The smallest absolute Gasteiger partial charge is 0.330 e. The van der Waals surface area contributed by atoms with E-state index in [1.807, 2.05) is 5.43 Å². The summed E-state index contributed by atoms with van der Waals surface area (Å²) in [4.78, 5) is 189. The highest BCUT2D eigenvalue weighted by atomic mass is 16.5. The zero-order valence-electron chi connectivity index (χ0n) is 56.9. The van der Waals surface area contributed by atoms with Gasteiger partial charge in [0.25, 0.3) is 11.9 Å². The molecule has 2 aromatic heterocycles. The number of carbonyl (C=O) groups excluding carboxylic acids is 12. The Kier molecular flexibility index (Phi) is 31.2. The minimum absolute atomic E-state index is 0.0176. The molecule has 4 aromatic rings. The summed E-state index contributed by atoms with van der Waals surface area (Å²) in [6.07, 6.45) is 4.64. The van der Waals surface area contributed by atoms with Crippen molar-refractivity contribution in [1.82, 2.24) is 78.6 Å². The highest BCUT2D eigenvalue weighted by Gasteiger charge is 2.41. The molecule has 2 aromatic carbocycles. The Morgan fingerprint density at radius 1 is 0.683 bits per heavy atom. The van der Waals surface area contributed by atoms with Gasteiger partial charge >= 0.3 is 6.03 Å². The number of hydrogen-bond acceptors (Lipinski definition) is 19. The number of H-pyrrole nitrogens is 2. The summed E-state index contributed by atoms with van der Waals surface area (Å²) < 4.78 is 6.00. The fourth-order valence-electron chi connectivity index (χ4n) is 10.7. The molecular weight excluding hydrogens is 1320 g/mol. The number of likely N-dealkylation sites (tertiary alicyclic amines) is 1. The number of hydrazine groups is 1. The van der Waals surface area contributed by atoms with Crippen molar-refractivity contribution in [3.05, 3.63) is 84.1 Å². The molecule has 101 heavy (non-hydrogen) atoms. The van der Waals surface area contributed by atoms with Crippen LogP contribution in [0.2, 0.25) is 0 Å². The number of aliphatic hydroxyl groups excluding tert-OH is 2. The maximum absolute atomic E-state index is 14.7. The SMILES string of the molecule is CC(=O)O.CC(C)C[C@H](NC(=O)[C@@H](COC(C)(C)C)NC(=O)[C@H](Cc1ccc(O)cc1)NC(=O)[C@H](CO)NC(=O)[C@H](CO)NC(=O)[C@H](Cc1c[nH]c2ccccc12)NC(=O)[C@H](Cc1cnc[nH]1)NC(=O)[C@@H]1CCC(=O)N1)C(=O)N[C@@H](CCCN=C(N)N)C(=O)N1CCC[C@H]1C(=O)NNC(N)=O. The molecule has 2 saturated heterocycles. The number of carbonyl (C=O) groups is 13. The summed E-state index contributed by atoms with van der Waals surface area (Å²) in [6, 6.07) is -3.12.